The average Bonchev–Trinajstić information content (AvgIpc) is 3.70. The highest BCUT2D eigenvalue weighted by Gasteiger charge is 2.49. The maximum Gasteiger partial charge on any atom is 0.151 e. The molecule has 0 radical (unpaired) electrons. The zero-order chi connectivity index (χ0) is 26.0. The molecule has 39 heavy (non-hydrogen) atoms. The molecular weight excluding hydrogens is 524 g/mol. The number of nitrogens with one attached hydrogen (secondary N) is 1. The molecule has 2 aliphatic heterocycles. The summed E-state index contributed by atoms with van der Waals surface area (Å²) in [5.41, 5.74) is 2.26. The Morgan fingerprint density at radius 3 is 2.46 bits per heavy atom. The number of hydrogen-bond donors (Lipinski definition) is 1. The first-order valence-corrected chi connectivity index (χ1v) is 15.3. The van der Waals surface area contributed by atoms with Gasteiger partial charge >= 0.3 is 0 Å². The Morgan fingerprint density at radius 2 is 1.59 bits per heavy atom. The largest absolute Gasteiger partial charge is 0.493 e. The van der Waals surface area contributed by atoms with Crippen molar-refractivity contribution in [2.45, 2.75) is 48.1 Å². The summed E-state index contributed by atoms with van der Waals surface area (Å²) >= 11 is 3.47. The summed E-state index contributed by atoms with van der Waals surface area (Å²) in [5, 5.41) is 6.20. The predicted molar refractivity (Wildman–Crippen MR) is 159 cm³/mol. The Labute approximate surface area is 236 Å². The van der Waals surface area contributed by atoms with Crippen LogP contribution in [0.2, 0.25) is 0 Å². The zero-order valence-electron chi connectivity index (χ0n) is 21.5. The van der Waals surface area contributed by atoms with Crippen molar-refractivity contribution in [2.24, 2.45) is 0 Å². The molecule has 4 atom stereocenters. The molecule has 4 aromatic carbocycles. The molecule has 7 heteroatoms. The second-order valence-electron chi connectivity index (χ2n) is 10.1. The summed E-state index contributed by atoms with van der Waals surface area (Å²) in [4.78, 5) is 4.68. The lowest BCUT2D eigenvalue weighted by molar-refractivity contribution is -0.0398. The van der Waals surface area contributed by atoms with Crippen LogP contribution in [0.3, 0.4) is 0 Å². The third-order valence-electron chi connectivity index (χ3n) is 7.54. The topological polar surface area (TPSA) is 52.6 Å². The van der Waals surface area contributed by atoms with E-state index in [0.717, 1.165) is 39.9 Å². The van der Waals surface area contributed by atoms with Gasteiger partial charge in [-0.15, -0.1) is 11.3 Å². The van der Waals surface area contributed by atoms with Crippen molar-refractivity contribution in [3.63, 3.8) is 0 Å². The zero-order valence-corrected chi connectivity index (χ0v) is 23.1. The number of para-hydroxylation sites is 1. The maximum atomic E-state index is 6.49. The van der Waals surface area contributed by atoms with Gasteiger partial charge in [0, 0.05) is 17.8 Å². The van der Waals surface area contributed by atoms with Gasteiger partial charge in [-0.3, -0.25) is 0 Å². The van der Waals surface area contributed by atoms with Gasteiger partial charge in [-0.25, -0.2) is 4.98 Å². The molecule has 2 aliphatic rings. The lowest BCUT2D eigenvalue weighted by atomic mass is 9.94. The molecule has 5 aromatic rings. The van der Waals surface area contributed by atoms with E-state index in [1.807, 2.05) is 30.3 Å². The number of benzene rings is 4. The van der Waals surface area contributed by atoms with Crippen LogP contribution < -0.4 is 14.8 Å². The van der Waals surface area contributed by atoms with Crippen molar-refractivity contribution in [1.82, 2.24) is 10.3 Å². The molecule has 198 valence electrons. The summed E-state index contributed by atoms with van der Waals surface area (Å²) in [5.74, 6) is 2.55. The standard InChI is InChI=1S/C32H30N2O3S2/c1-2-6-23-19-21(9-10-22(23)5-1)20-36-30-27-15-16-28(33-27)31(30)37-25-13-11-24(12-14-25)35-17-18-38-32-34-26-7-3-4-8-29(26)39-32/h1-14,19,27-28,30-31,33H,15-18,20H2. The third-order valence-corrected chi connectivity index (χ3v) is 9.68. The predicted octanol–water partition coefficient (Wildman–Crippen LogP) is 7.09. The normalized spacial score (nSPS) is 22.1. The fourth-order valence-electron chi connectivity index (χ4n) is 5.63. The lowest BCUT2D eigenvalue weighted by Gasteiger charge is -2.30. The summed E-state index contributed by atoms with van der Waals surface area (Å²) < 4.78 is 21.3. The van der Waals surface area contributed by atoms with Crippen LogP contribution in [0.25, 0.3) is 21.0 Å². The molecule has 0 saturated carbocycles. The molecule has 0 spiro atoms. The molecule has 0 aliphatic carbocycles. The van der Waals surface area contributed by atoms with E-state index in [0.29, 0.717) is 25.3 Å². The van der Waals surface area contributed by atoms with E-state index in [4.69, 9.17) is 14.2 Å². The van der Waals surface area contributed by atoms with Gasteiger partial charge in [-0.2, -0.15) is 0 Å². The maximum absolute atomic E-state index is 6.49. The molecule has 2 saturated heterocycles. The quantitative estimate of drug-likeness (QED) is 0.147. The minimum absolute atomic E-state index is 0.00110. The molecular formula is C32H30N2O3S2. The fraction of sp³-hybridized carbons (Fsp3) is 0.281. The van der Waals surface area contributed by atoms with Gasteiger partial charge < -0.3 is 19.5 Å². The molecule has 5 nitrogen and oxygen atoms in total. The summed E-state index contributed by atoms with van der Waals surface area (Å²) in [7, 11) is 0. The molecule has 2 fully saturated rings. The number of thiazole rings is 1. The van der Waals surface area contributed by atoms with Crippen LogP contribution in [0.1, 0.15) is 18.4 Å². The van der Waals surface area contributed by atoms with Crippen LogP contribution in [0, 0.1) is 0 Å². The molecule has 7 rings (SSSR count). The van der Waals surface area contributed by atoms with E-state index in [1.54, 1.807) is 23.1 Å². The number of ether oxygens (including phenoxy) is 3. The van der Waals surface area contributed by atoms with Crippen molar-refractivity contribution in [2.75, 3.05) is 12.4 Å². The van der Waals surface area contributed by atoms with Crippen molar-refractivity contribution >= 4 is 44.1 Å². The first-order valence-electron chi connectivity index (χ1n) is 13.5. The van der Waals surface area contributed by atoms with Crippen LogP contribution in [0.5, 0.6) is 11.5 Å². The molecule has 1 aromatic heterocycles. The van der Waals surface area contributed by atoms with Crippen LogP contribution in [0.15, 0.2) is 95.3 Å². The summed E-state index contributed by atoms with van der Waals surface area (Å²) in [6.45, 7) is 1.21. The van der Waals surface area contributed by atoms with Gasteiger partial charge in [0.15, 0.2) is 4.34 Å². The smallest absolute Gasteiger partial charge is 0.151 e. The van der Waals surface area contributed by atoms with E-state index >= 15 is 0 Å². The van der Waals surface area contributed by atoms with Crippen LogP contribution in [0.4, 0.5) is 0 Å². The monoisotopic (exact) mass is 554 g/mol. The van der Waals surface area contributed by atoms with E-state index in [2.05, 4.69) is 71.0 Å². The van der Waals surface area contributed by atoms with E-state index in [1.165, 1.54) is 21.0 Å². The Hall–Kier alpha value is -3.10. The number of hydrogen-bond acceptors (Lipinski definition) is 7. The highest BCUT2D eigenvalue weighted by molar-refractivity contribution is 8.01. The van der Waals surface area contributed by atoms with E-state index in [9.17, 15) is 0 Å². The number of rotatable bonds is 10. The van der Waals surface area contributed by atoms with Crippen molar-refractivity contribution in [3.8, 4) is 11.5 Å². The van der Waals surface area contributed by atoms with Crippen LogP contribution in [-0.4, -0.2) is 41.6 Å². The van der Waals surface area contributed by atoms with Gasteiger partial charge in [0.1, 0.15) is 23.7 Å². The Balaban J connectivity index is 0.923. The lowest BCUT2D eigenvalue weighted by Crippen LogP contribution is -2.43. The van der Waals surface area contributed by atoms with Crippen LogP contribution >= 0.6 is 23.1 Å². The first kappa shape index (κ1) is 24.9. The first-order chi connectivity index (χ1) is 19.3. The molecule has 1 N–H and O–H groups in total. The minimum Gasteiger partial charge on any atom is -0.493 e. The SMILES string of the molecule is c1ccc2cc(COC3C4CCC(N4)C3Oc3ccc(OCCSc4nc5ccccc5s4)cc3)ccc2c1. The minimum atomic E-state index is 0.00110. The van der Waals surface area contributed by atoms with Crippen molar-refractivity contribution < 1.29 is 14.2 Å². The van der Waals surface area contributed by atoms with Gasteiger partial charge in [0.05, 0.1) is 23.4 Å². The van der Waals surface area contributed by atoms with E-state index in [-0.39, 0.29) is 12.2 Å². The van der Waals surface area contributed by atoms with Gasteiger partial charge in [0.2, 0.25) is 0 Å². The summed E-state index contributed by atoms with van der Waals surface area (Å²) in [6.07, 6.45) is 2.29. The molecule has 3 heterocycles. The van der Waals surface area contributed by atoms with Gasteiger partial charge in [-0.1, -0.05) is 60.3 Å². The van der Waals surface area contributed by atoms with Gasteiger partial charge in [0.25, 0.3) is 0 Å². The Kier molecular flexibility index (Phi) is 7.14. The average molecular weight is 555 g/mol. The highest BCUT2D eigenvalue weighted by Crippen LogP contribution is 2.35. The third kappa shape index (κ3) is 5.50. The summed E-state index contributed by atoms with van der Waals surface area (Å²) in [6, 6.07) is 31.9. The number of nitrogens with zero attached hydrogens (tertiary/aromatic N) is 1. The fourth-order valence-corrected chi connectivity index (χ4v) is 7.59. The van der Waals surface area contributed by atoms with Crippen LogP contribution in [-0.2, 0) is 11.3 Å². The highest BCUT2D eigenvalue weighted by atomic mass is 32.2. The Bertz CT molecular complexity index is 1540. The second kappa shape index (κ2) is 11.2. The number of fused-ring (bicyclic) bond motifs is 4. The van der Waals surface area contributed by atoms with Crippen molar-refractivity contribution in [1.29, 1.82) is 0 Å². The number of aromatic nitrogens is 1. The molecule has 0 amide bonds. The van der Waals surface area contributed by atoms with Crippen molar-refractivity contribution in [3.05, 3.63) is 96.6 Å². The van der Waals surface area contributed by atoms with Gasteiger partial charge in [-0.05, 0) is 71.6 Å². The second-order valence-corrected chi connectivity index (χ2v) is 12.5. The Morgan fingerprint density at radius 1 is 0.821 bits per heavy atom. The molecule has 2 bridgehead atoms. The molecule has 4 unspecified atom stereocenters. The number of thioether (sulfide) groups is 1. The van der Waals surface area contributed by atoms with E-state index < -0.39 is 0 Å².